The number of rotatable bonds is 8. The summed E-state index contributed by atoms with van der Waals surface area (Å²) >= 11 is 6.20. The molecule has 0 saturated carbocycles. The van der Waals surface area contributed by atoms with E-state index in [0.717, 1.165) is 6.07 Å². The van der Waals surface area contributed by atoms with E-state index >= 15 is 0 Å². The molecule has 0 aliphatic heterocycles. The summed E-state index contributed by atoms with van der Waals surface area (Å²) in [7, 11) is -6.52. The number of hydrogen-bond acceptors (Lipinski definition) is 8. The Morgan fingerprint density at radius 1 is 1.06 bits per heavy atom. The lowest BCUT2D eigenvalue weighted by Crippen LogP contribution is -2.19. The molecule has 8 nitrogen and oxygen atoms in total. The third kappa shape index (κ3) is 6.68. The normalized spacial score (nSPS) is 12.5. The fourth-order valence-corrected chi connectivity index (χ4v) is 5.20. The van der Waals surface area contributed by atoms with Crippen LogP contribution in [0.2, 0.25) is 5.02 Å². The van der Waals surface area contributed by atoms with Crippen molar-refractivity contribution in [3.8, 4) is 5.75 Å². The standard InChI is InChI=1S/C22H23ClF3N4O4PS/c1-13(2)36(32,33)19-8-6-5-7-17(19)28-20-15(23)12-27-21(30-20)29-16-10-9-14(35(3,4)31)11-18(16)34-22(24,25)26/h5-13H,1-4H3,(H2,27,28,29,30). The van der Waals surface area contributed by atoms with Gasteiger partial charge < -0.3 is 19.9 Å². The Morgan fingerprint density at radius 2 is 1.72 bits per heavy atom. The summed E-state index contributed by atoms with van der Waals surface area (Å²) < 4.78 is 81.0. The lowest BCUT2D eigenvalue weighted by Gasteiger charge is -2.17. The summed E-state index contributed by atoms with van der Waals surface area (Å²) in [5.41, 5.74) is 0.0745. The van der Waals surface area contributed by atoms with E-state index in [4.69, 9.17) is 11.6 Å². The molecule has 1 aromatic heterocycles. The summed E-state index contributed by atoms with van der Waals surface area (Å²) in [5, 5.41) is 5.04. The van der Waals surface area contributed by atoms with Gasteiger partial charge in [0.05, 0.1) is 27.7 Å². The van der Waals surface area contributed by atoms with Gasteiger partial charge in [-0.2, -0.15) is 4.98 Å². The molecule has 0 radical (unpaired) electrons. The molecule has 0 saturated heterocycles. The predicted octanol–water partition coefficient (Wildman–Crippen LogP) is 5.95. The molecule has 0 unspecified atom stereocenters. The molecule has 36 heavy (non-hydrogen) atoms. The van der Waals surface area contributed by atoms with Crippen molar-refractivity contribution in [1.29, 1.82) is 0 Å². The number of nitrogens with zero attached hydrogens (tertiary/aromatic N) is 2. The van der Waals surface area contributed by atoms with Gasteiger partial charge in [-0.3, -0.25) is 0 Å². The molecular formula is C22H23ClF3N4O4PS. The molecule has 3 aromatic rings. The maximum Gasteiger partial charge on any atom is 0.573 e. The van der Waals surface area contributed by atoms with E-state index in [-0.39, 0.29) is 38.4 Å². The Kier molecular flexibility index (Phi) is 7.92. The van der Waals surface area contributed by atoms with Gasteiger partial charge in [-0.05, 0) is 57.5 Å². The minimum absolute atomic E-state index is 0.0158. The lowest BCUT2D eigenvalue weighted by atomic mass is 10.3. The number of aromatic nitrogens is 2. The Bertz CT molecular complexity index is 1430. The van der Waals surface area contributed by atoms with Crippen LogP contribution in [-0.2, 0) is 14.4 Å². The number of benzene rings is 2. The topological polar surface area (TPSA) is 110 Å². The zero-order chi connectivity index (χ0) is 26.9. The summed E-state index contributed by atoms with van der Waals surface area (Å²) in [4.78, 5) is 8.20. The maximum atomic E-state index is 13.0. The van der Waals surface area contributed by atoms with Crippen LogP contribution >= 0.6 is 18.7 Å². The van der Waals surface area contributed by atoms with E-state index in [9.17, 15) is 26.2 Å². The van der Waals surface area contributed by atoms with Crippen molar-refractivity contribution < 1.29 is 30.9 Å². The van der Waals surface area contributed by atoms with E-state index < -0.39 is 34.3 Å². The van der Waals surface area contributed by atoms with Crippen molar-refractivity contribution >= 4 is 57.0 Å². The maximum absolute atomic E-state index is 13.0. The van der Waals surface area contributed by atoms with Crippen molar-refractivity contribution in [2.75, 3.05) is 24.0 Å². The van der Waals surface area contributed by atoms with Crippen LogP contribution in [-0.4, -0.2) is 43.3 Å². The number of anilines is 4. The number of para-hydroxylation sites is 1. The highest BCUT2D eigenvalue weighted by Crippen LogP contribution is 2.39. The first-order valence-corrected chi connectivity index (χ1v) is 15.0. The van der Waals surface area contributed by atoms with Crippen LogP contribution in [0.15, 0.2) is 53.6 Å². The van der Waals surface area contributed by atoms with Gasteiger partial charge in [0.15, 0.2) is 21.4 Å². The number of hydrogen-bond donors (Lipinski definition) is 2. The van der Waals surface area contributed by atoms with Crippen LogP contribution in [0.3, 0.4) is 0 Å². The molecule has 14 heteroatoms. The molecule has 0 bridgehead atoms. The molecule has 194 valence electrons. The molecule has 0 atom stereocenters. The SMILES string of the molecule is CC(C)S(=O)(=O)c1ccccc1Nc1nc(Nc2ccc(P(C)(C)=O)cc2OC(F)(F)F)ncc1Cl. The van der Waals surface area contributed by atoms with Crippen LogP contribution < -0.4 is 20.7 Å². The van der Waals surface area contributed by atoms with E-state index in [2.05, 4.69) is 25.3 Å². The smallest absolute Gasteiger partial charge is 0.404 e. The number of halogens is 4. The molecule has 2 N–H and O–H groups in total. The minimum Gasteiger partial charge on any atom is -0.404 e. The molecule has 2 aromatic carbocycles. The fraction of sp³-hybridized carbons (Fsp3) is 0.273. The van der Waals surface area contributed by atoms with Gasteiger partial charge in [-0.15, -0.1) is 13.2 Å². The molecule has 0 aliphatic rings. The van der Waals surface area contributed by atoms with Gasteiger partial charge in [0.1, 0.15) is 12.2 Å². The van der Waals surface area contributed by atoms with Gasteiger partial charge in [0, 0.05) is 5.30 Å². The second-order valence-electron chi connectivity index (χ2n) is 8.31. The predicted molar refractivity (Wildman–Crippen MR) is 135 cm³/mol. The Morgan fingerprint density at radius 3 is 2.33 bits per heavy atom. The summed E-state index contributed by atoms with van der Waals surface area (Å²) in [5.74, 6) is -0.755. The summed E-state index contributed by atoms with van der Waals surface area (Å²) in [6.45, 7) is 5.94. The largest absolute Gasteiger partial charge is 0.573 e. The van der Waals surface area contributed by atoms with Crippen molar-refractivity contribution in [3.05, 3.63) is 53.7 Å². The first-order chi connectivity index (χ1) is 16.6. The fourth-order valence-electron chi connectivity index (χ4n) is 2.99. The third-order valence-electron chi connectivity index (χ3n) is 4.87. The van der Waals surface area contributed by atoms with E-state index in [0.29, 0.717) is 0 Å². The van der Waals surface area contributed by atoms with Crippen LogP contribution in [0.4, 0.5) is 36.3 Å². The van der Waals surface area contributed by atoms with Crippen molar-refractivity contribution in [3.63, 3.8) is 0 Å². The first-order valence-electron chi connectivity index (χ1n) is 10.4. The second-order valence-corrected chi connectivity index (χ2v) is 14.4. The molecular weight excluding hydrogens is 540 g/mol. The third-order valence-corrected chi connectivity index (χ3v) is 8.88. The Labute approximate surface area is 211 Å². The number of sulfone groups is 1. The lowest BCUT2D eigenvalue weighted by molar-refractivity contribution is -0.274. The van der Waals surface area contributed by atoms with Crippen LogP contribution in [0.1, 0.15) is 13.8 Å². The molecule has 0 fully saturated rings. The van der Waals surface area contributed by atoms with Crippen LogP contribution in [0.5, 0.6) is 5.75 Å². The van der Waals surface area contributed by atoms with Gasteiger partial charge in [0.2, 0.25) is 5.95 Å². The average Bonchev–Trinajstić information content (AvgIpc) is 2.75. The number of alkyl halides is 3. The van der Waals surface area contributed by atoms with Crippen molar-refractivity contribution in [2.45, 2.75) is 30.4 Å². The minimum atomic E-state index is -5.00. The van der Waals surface area contributed by atoms with Crippen molar-refractivity contribution in [1.82, 2.24) is 9.97 Å². The van der Waals surface area contributed by atoms with Gasteiger partial charge in [-0.25, -0.2) is 13.4 Å². The van der Waals surface area contributed by atoms with Crippen LogP contribution in [0, 0.1) is 0 Å². The highest BCUT2D eigenvalue weighted by atomic mass is 35.5. The molecule has 0 aliphatic carbocycles. The Hall–Kier alpha value is -2.82. The zero-order valence-corrected chi connectivity index (χ0v) is 22.1. The monoisotopic (exact) mass is 562 g/mol. The average molecular weight is 563 g/mol. The summed E-state index contributed by atoms with van der Waals surface area (Å²) in [6, 6.07) is 9.89. The van der Waals surface area contributed by atoms with E-state index in [1.807, 2.05) is 0 Å². The second kappa shape index (κ2) is 10.3. The molecule has 0 amide bonds. The number of ether oxygens (including phenoxy) is 1. The zero-order valence-electron chi connectivity index (χ0n) is 19.6. The van der Waals surface area contributed by atoms with Gasteiger partial charge in [0.25, 0.3) is 0 Å². The first kappa shape index (κ1) is 27.8. The molecule has 1 heterocycles. The molecule has 0 spiro atoms. The summed E-state index contributed by atoms with van der Waals surface area (Å²) in [6.07, 6.45) is -3.80. The van der Waals surface area contributed by atoms with Gasteiger partial charge in [-0.1, -0.05) is 23.7 Å². The highest BCUT2D eigenvalue weighted by molar-refractivity contribution is 7.92. The van der Waals surface area contributed by atoms with E-state index in [1.165, 1.54) is 43.8 Å². The number of nitrogens with one attached hydrogen (secondary N) is 2. The molecule has 3 rings (SSSR count). The highest BCUT2D eigenvalue weighted by Gasteiger charge is 2.33. The Balaban J connectivity index is 1.99. The van der Waals surface area contributed by atoms with Crippen molar-refractivity contribution in [2.24, 2.45) is 0 Å². The van der Waals surface area contributed by atoms with E-state index in [1.54, 1.807) is 26.0 Å². The van der Waals surface area contributed by atoms with Gasteiger partial charge >= 0.3 is 6.36 Å². The quantitative estimate of drug-likeness (QED) is 0.324. The van der Waals surface area contributed by atoms with Crippen LogP contribution in [0.25, 0.3) is 0 Å².